The number of aryl methyl sites for hydroxylation is 2. The van der Waals surface area contributed by atoms with E-state index in [0.29, 0.717) is 5.69 Å². The second-order valence-corrected chi connectivity index (χ2v) is 11.3. The molecule has 4 aromatic rings. The van der Waals surface area contributed by atoms with Gasteiger partial charge in [0, 0.05) is 21.4 Å². The Balaban J connectivity index is 1.55. The number of nitrogens with one attached hydrogen (secondary N) is 1. The Labute approximate surface area is 225 Å². The number of carbonyl (C=O) groups is 1. The molecule has 0 radical (unpaired) electrons. The van der Waals surface area contributed by atoms with E-state index in [1.54, 1.807) is 48.7 Å². The summed E-state index contributed by atoms with van der Waals surface area (Å²) in [5.74, 6) is -0.559. The van der Waals surface area contributed by atoms with E-state index >= 15 is 0 Å². The molecule has 1 aromatic heterocycles. The summed E-state index contributed by atoms with van der Waals surface area (Å²) in [7, 11) is -3.97. The number of carbonyl (C=O) groups excluding carboxylic acids is 1. The van der Waals surface area contributed by atoms with Crippen LogP contribution in [-0.4, -0.2) is 31.7 Å². The average Bonchev–Trinajstić information content (AvgIpc) is 3.16. The maximum atomic E-state index is 13.4. The smallest absolute Gasteiger partial charge is 0.264 e. The number of anilines is 1. The molecular weight excluding hydrogens is 552 g/mol. The molecule has 0 aliphatic rings. The lowest BCUT2D eigenvalue weighted by molar-refractivity contribution is -0.119. The molecule has 1 amide bonds. The zero-order valence-electron chi connectivity index (χ0n) is 20.7. The van der Waals surface area contributed by atoms with Crippen molar-refractivity contribution in [1.29, 1.82) is 0 Å². The van der Waals surface area contributed by atoms with E-state index in [1.807, 2.05) is 51.1 Å². The monoisotopic (exact) mass is 578 g/mol. The van der Waals surface area contributed by atoms with Gasteiger partial charge in [0.25, 0.3) is 15.9 Å². The number of hydrazone groups is 1. The highest BCUT2D eigenvalue weighted by molar-refractivity contribution is 9.10. The molecule has 3 aromatic carbocycles. The van der Waals surface area contributed by atoms with Crippen molar-refractivity contribution in [2.45, 2.75) is 25.7 Å². The highest BCUT2D eigenvalue weighted by atomic mass is 79.9. The number of hydrogen-bond acceptors (Lipinski definition) is 4. The van der Waals surface area contributed by atoms with Crippen LogP contribution in [0.1, 0.15) is 22.5 Å². The Bertz CT molecular complexity index is 1550. The molecule has 9 heteroatoms. The van der Waals surface area contributed by atoms with E-state index in [1.165, 1.54) is 12.1 Å². The van der Waals surface area contributed by atoms with Crippen molar-refractivity contribution in [2.24, 2.45) is 5.10 Å². The summed E-state index contributed by atoms with van der Waals surface area (Å²) in [6, 6.07) is 24.9. The Morgan fingerprint density at radius 3 is 2.30 bits per heavy atom. The first-order chi connectivity index (χ1) is 17.7. The van der Waals surface area contributed by atoms with E-state index in [4.69, 9.17) is 0 Å². The van der Waals surface area contributed by atoms with Gasteiger partial charge in [0.2, 0.25) is 0 Å². The van der Waals surface area contributed by atoms with Crippen LogP contribution in [0.25, 0.3) is 5.69 Å². The molecule has 190 valence electrons. The molecule has 37 heavy (non-hydrogen) atoms. The van der Waals surface area contributed by atoms with E-state index in [-0.39, 0.29) is 4.90 Å². The number of sulfonamides is 1. The summed E-state index contributed by atoms with van der Waals surface area (Å²) in [5, 5.41) is 4.12. The fourth-order valence-electron chi connectivity index (χ4n) is 4.01. The summed E-state index contributed by atoms with van der Waals surface area (Å²) in [5.41, 5.74) is 7.65. The first-order valence-corrected chi connectivity index (χ1v) is 13.8. The predicted molar refractivity (Wildman–Crippen MR) is 151 cm³/mol. The van der Waals surface area contributed by atoms with Gasteiger partial charge in [-0.25, -0.2) is 13.8 Å². The Morgan fingerprint density at radius 1 is 0.973 bits per heavy atom. The quantitative estimate of drug-likeness (QED) is 0.221. The summed E-state index contributed by atoms with van der Waals surface area (Å²) < 4.78 is 30.9. The van der Waals surface area contributed by atoms with Crippen LogP contribution >= 0.6 is 15.9 Å². The molecule has 4 rings (SSSR count). The van der Waals surface area contributed by atoms with Gasteiger partial charge in [-0.15, -0.1) is 0 Å². The molecule has 1 N–H and O–H groups in total. The highest BCUT2D eigenvalue weighted by Crippen LogP contribution is 2.26. The molecule has 1 heterocycles. The number of aromatic nitrogens is 1. The minimum absolute atomic E-state index is 0.103. The Morgan fingerprint density at radius 2 is 1.62 bits per heavy atom. The lowest BCUT2D eigenvalue weighted by Crippen LogP contribution is -2.39. The van der Waals surface area contributed by atoms with Gasteiger partial charge in [-0.05, 0) is 79.2 Å². The maximum Gasteiger partial charge on any atom is 0.264 e. The lowest BCUT2D eigenvalue weighted by atomic mass is 10.2. The summed E-state index contributed by atoms with van der Waals surface area (Å²) >= 11 is 3.60. The van der Waals surface area contributed by atoms with E-state index in [2.05, 4.69) is 31.0 Å². The SMILES string of the molecule is Cc1ccc(N(CC(=O)N/N=C\c2cc(C)n(-c3ccccc3Br)c2C)S(=O)(=O)c2ccccc2)cc1. The van der Waals surface area contributed by atoms with E-state index in [0.717, 1.165) is 37.0 Å². The fourth-order valence-corrected chi connectivity index (χ4v) is 5.91. The van der Waals surface area contributed by atoms with Gasteiger partial charge >= 0.3 is 0 Å². The zero-order valence-corrected chi connectivity index (χ0v) is 23.1. The van der Waals surface area contributed by atoms with E-state index < -0.39 is 22.5 Å². The van der Waals surface area contributed by atoms with Crippen molar-refractivity contribution in [2.75, 3.05) is 10.8 Å². The van der Waals surface area contributed by atoms with Gasteiger partial charge in [-0.3, -0.25) is 9.10 Å². The number of halogens is 1. The molecule has 0 saturated carbocycles. The maximum absolute atomic E-state index is 13.4. The molecule has 0 unspecified atom stereocenters. The Hall–Kier alpha value is -3.69. The standard InChI is InChI=1S/C28H27BrN4O3S/c1-20-13-15-24(16-14-20)32(37(35,36)25-9-5-4-6-10-25)19-28(34)31-30-18-23-17-21(2)33(22(23)3)27-12-8-7-11-26(27)29/h4-18H,19H2,1-3H3,(H,31,34)/b30-18-. The van der Waals surface area contributed by atoms with Crippen LogP contribution in [0.4, 0.5) is 5.69 Å². The van der Waals surface area contributed by atoms with Crippen molar-refractivity contribution in [3.8, 4) is 5.69 Å². The van der Waals surface area contributed by atoms with Gasteiger partial charge < -0.3 is 4.57 Å². The summed E-state index contributed by atoms with van der Waals surface area (Å²) in [4.78, 5) is 12.9. The minimum Gasteiger partial charge on any atom is -0.317 e. The molecule has 0 saturated heterocycles. The van der Waals surface area contributed by atoms with Gasteiger partial charge in [-0.1, -0.05) is 48.0 Å². The molecule has 0 aliphatic heterocycles. The number of amides is 1. The van der Waals surface area contributed by atoms with Gasteiger partial charge in [0.15, 0.2) is 0 Å². The number of para-hydroxylation sites is 1. The second kappa shape index (κ2) is 11.1. The highest BCUT2D eigenvalue weighted by Gasteiger charge is 2.27. The van der Waals surface area contributed by atoms with Crippen LogP contribution in [0.5, 0.6) is 0 Å². The molecular formula is C28H27BrN4O3S. The van der Waals surface area contributed by atoms with Crippen LogP contribution in [-0.2, 0) is 14.8 Å². The third-order valence-electron chi connectivity index (χ3n) is 5.90. The molecule has 0 fully saturated rings. The van der Waals surface area contributed by atoms with Crippen LogP contribution in [0.2, 0.25) is 0 Å². The van der Waals surface area contributed by atoms with Gasteiger partial charge in [-0.2, -0.15) is 5.10 Å². The van der Waals surface area contributed by atoms with Crippen molar-refractivity contribution in [3.63, 3.8) is 0 Å². The largest absolute Gasteiger partial charge is 0.317 e. The van der Waals surface area contributed by atoms with Crippen molar-refractivity contribution < 1.29 is 13.2 Å². The van der Waals surface area contributed by atoms with Crippen LogP contribution in [0.3, 0.4) is 0 Å². The molecule has 0 atom stereocenters. The first-order valence-electron chi connectivity index (χ1n) is 11.6. The fraction of sp³-hybridized carbons (Fsp3) is 0.143. The van der Waals surface area contributed by atoms with Crippen molar-refractivity contribution in [1.82, 2.24) is 9.99 Å². The number of nitrogens with zero attached hydrogens (tertiary/aromatic N) is 3. The first kappa shape index (κ1) is 26.4. The van der Waals surface area contributed by atoms with Gasteiger partial charge in [0.1, 0.15) is 6.54 Å². The third kappa shape index (κ3) is 5.84. The van der Waals surface area contributed by atoms with Crippen LogP contribution < -0.4 is 9.73 Å². The number of benzene rings is 3. The normalized spacial score (nSPS) is 11.6. The van der Waals surface area contributed by atoms with Gasteiger partial charge in [0.05, 0.1) is 22.5 Å². The van der Waals surface area contributed by atoms with Crippen LogP contribution in [0, 0.1) is 20.8 Å². The molecule has 0 bridgehead atoms. The second-order valence-electron chi connectivity index (χ2n) is 8.57. The number of rotatable bonds is 8. The lowest BCUT2D eigenvalue weighted by Gasteiger charge is -2.23. The topological polar surface area (TPSA) is 83.8 Å². The summed E-state index contributed by atoms with van der Waals surface area (Å²) in [6.07, 6.45) is 1.56. The molecule has 0 aliphatic carbocycles. The summed E-state index contributed by atoms with van der Waals surface area (Å²) in [6.45, 7) is 5.46. The van der Waals surface area contributed by atoms with Crippen molar-refractivity contribution >= 4 is 43.8 Å². The average molecular weight is 580 g/mol. The Kier molecular flexibility index (Phi) is 7.94. The van der Waals surface area contributed by atoms with Crippen LogP contribution in [0.15, 0.2) is 99.4 Å². The zero-order chi connectivity index (χ0) is 26.6. The van der Waals surface area contributed by atoms with E-state index in [9.17, 15) is 13.2 Å². The molecule has 7 nitrogen and oxygen atoms in total. The molecule has 0 spiro atoms. The number of hydrogen-bond donors (Lipinski definition) is 1. The third-order valence-corrected chi connectivity index (χ3v) is 8.36. The minimum atomic E-state index is -3.97. The van der Waals surface area contributed by atoms with Crippen molar-refractivity contribution in [3.05, 3.63) is 112 Å². The predicted octanol–water partition coefficient (Wildman–Crippen LogP) is 5.51.